The molecule has 220 valence electrons. The van der Waals surface area contributed by atoms with Crippen molar-refractivity contribution < 1.29 is 27.4 Å². The normalized spacial score (nSPS) is 22.5. The zero-order valence-corrected chi connectivity index (χ0v) is 24.7. The molecule has 0 unspecified atom stereocenters. The summed E-state index contributed by atoms with van der Waals surface area (Å²) < 4.78 is 45.6. The average molecular weight is 567 g/mol. The van der Waals surface area contributed by atoms with E-state index in [1.807, 2.05) is 4.90 Å². The Kier molecular flexibility index (Phi) is 11.0. The predicted molar refractivity (Wildman–Crippen MR) is 150 cm³/mol. The molecular weight excluding hydrogens is 520 g/mol. The number of methoxy groups -OCH3 is 1. The van der Waals surface area contributed by atoms with Crippen LogP contribution in [0.15, 0.2) is 17.0 Å². The van der Waals surface area contributed by atoms with Gasteiger partial charge in [0.05, 0.1) is 37.9 Å². The standard InChI is InChI=1S/C28H46N4O6S/c1-23-18-26(36-3)19-24(2)28(23)39(34,35)32-16-17-37-20-25(32)21-38-22-27(33)31-11-7-10-30(14-15-31)13-12-29-8-5-4-6-9-29/h18-19,25H,4-17,20-22H2,1-3H3/t25-/m0/s1. The second-order valence-electron chi connectivity index (χ2n) is 10.9. The molecule has 1 amide bonds. The fourth-order valence-corrected chi connectivity index (χ4v) is 7.92. The van der Waals surface area contributed by atoms with E-state index in [0.717, 1.165) is 39.1 Å². The quantitative estimate of drug-likeness (QED) is 0.423. The number of rotatable bonds is 10. The van der Waals surface area contributed by atoms with Crippen LogP contribution in [0.5, 0.6) is 5.75 Å². The molecule has 3 fully saturated rings. The molecule has 1 aromatic carbocycles. The predicted octanol–water partition coefficient (Wildman–Crippen LogP) is 1.74. The highest BCUT2D eigenvalue weighted by Crippen LogP contribution is 2.30. The van der Waals surface area contributed by atoms with E-state index in [-0.39, 0.29) is 32.3 Å². The van der Waals surface area contributed by atoms with Gasteiger partial charge in [0.15, 0.2) is 0 Å². The number of amides is 1. The van der Waals surface area contributed by atoms with E-state index in [1.165, 1.54) is 36.7 Å². The lowest BCUT2D eigenvalue weighted by molar-refractivity contribution is -0.137. The van der Waals surface area contributed by atoms with Crippen molar-refractivity contribution in [1.82, 2.24) is 19.0 Å². The van der Waals surface area contributed by atoms with E-state index in [2.05, 4.69) is 9.80 Å². The minimum Gasteiger partial charge on any atom is -0.497 e. The molecule has 3 aliphatic heterocycles. The Bertz CT molecular complexity index is 1040. The van der Waals surface area contributed by atoms with Crippen LogP contribution in [0.3, 0.4) is 0 Å². The first-order valence-electron chi connectivity index (χ1n) is 14.3. The lowest BCUT2D eigenvalue weighted by atomic mass is 10.1. The third-order valence-corrected chi connectivity index (χ3v) is 10.3. The molecule has 3 heterocycles. The van der Waals surface area contributed by atoms with Crippen LogP contribution in [0.1, 0.15) is 36.8 Å². The smallest absolute Gasteiger partial charge is 0.248 e. The van der Waals surface area contributed by atoms with Crippen molar-refractivity contribution in [2.75, 3.05) is 92.4 Å². The monoisotopic (exact) mass is 566 g/mol. The van der Waals surface area contributed by atoms with Gasteiger partial charge in [0.25, 0.3) is 0 Å². The van der Waals surface area contributed by atoms with Gasteiger partial charge in [-0.1, -0.05) is 6.42 Å². The molecule has 0 saturated carbocycles. The zero-order chi connectivity index (χ0) is 27.8. The highest BCUT2D eigenvalue weighted by atomic mass is 32.2. The Balaban J connectivity index is 1.27. The van der Waals surface area contributed by atoms with Gasteiger partial charge in [-0.25, -0.2) is 8.42 Å². The molecule has 10 nitrogen and oxygen atoms in total. The summed E-state index contributed by atoms with van der Waals surface area (Å²) in [6.45, 7) is 12.3. The number of hydrogen-bond donors (Lipinski definition) is 0. The first kappa shape index (κ1) is 30.2. The zero-order valence-electron chi connectivity index (χ0n) is 23.9. The number of benzene rings is 1. The summed E-state index contributed by atoms with van der Waals surface area (Å²) in [4.78, 5) is 20.2. The summed E-state index contributed by atoms with van der Waals surface area (Å²) in [6.07, 6.45) is 4.91. The van der Waals surface area contributed by atoms with Gasteiger partial charge in [0, 0.05) is 39.3 Å². The number of sulfonamides is 1. The highest BCUT2D eigenvalue weighted by molar-refractivity contribution is 7.89. The Morgan fingerprint density at radius 1 is 0.923 bits per heavy atom. The Labute approximate surface area is 234 Å². The third-order valence-electron chi connectivity index (χ3n) is 8.07. The van der Waals surface area contributed by atoms with Crippen LogP contribution < -0.4 is 4.74 Å². The summed E-state index contributed by atoms with van der Waals surface area (Å²) in [5.74, 6) is 0.587. The molecule has 0 bridgehead atoms. The number of likely N-dealkylation sites (tertiary alicyclic amines) is 1. The minimum absolute atomic E-state index is 0.0409. The first-order valence-corrected chi connectivity index (χ1v) is 15.8. The fourth-order valence-electron chi connectivity index (χ4n) is 5.92. The first-order chi connectivity index (χ1) is 18.8. The Hall–Kier alpha value is -1.76. The van der Waals surface area contributed by atoms with E-state index in [4.69, 9.17) is 14.2 Å². The van der Waals surface area contributed by atoms with Crippen LogP contribution in [0.25, 0.3) is 0 Å². The van der Waals surface area contributed by atoms with Crippen molar-refractivity contribution in [3.63, 3.8) is 0 Å². The van der Waals surface area contributed by atoms with Crippen molar-refractivity contribution in [2.24, 2.45) is 0 Å². The van der Waals surface area contributed by atoms with Crippen LogP contribution in [0.2, 0.25) is 0 Å². The minimum atomic E-state index is -3.78. The molecule has 11 heteroatoms. The van der Waals surface area contributed by atoms with Gasteiger partial charge in [-0.15, -0.1) is 0 Å². The number of carbonyl (C=O) groups is 1. The van der Waals surface area contributed by atoms with E-state index in [1.54, 1.807) is 33.1 Å². The highest BCUT2D eigenvalue weighted by Gasteiger charge is 2.36. The third kappa shape index (κ3) is 7.92. The van der Waals surface area contributed by atoms with Gasteiger partial charge in [-0.3, -0.25) is 4.79 Å². The van der Waals surface area contributed by atoms with E-state index in [0.29, 0.717) is 34.9 Å². The molecule has 1 aromatic rings. The van der Waals surface area contributed by atoms with Crippen molar-refractivity contribution in [1.29, 1.82) is 0 Å². The number of morpholine rings is 1. The molecular formula is C28H46N4O6S. The van der Waals surface area contributed by atoms with E-state index >= 15 is 0 Å². The van der Waals surface area contributed by atoms with E-state index in [9.17, 15) is 13.2 Å². The van der Waals surface area contributed by atoms with Crippen molar-refractivity contribution in [2.45, 2.75) is 50.5 Å². The fraction of sp³-hybridized carbons (Fsp3) is 0.750. The molecule has 0 aliphatic carbocycles. The number of ether oxygens (including phenoxy) is 3. The van der Waals surface area contributed by atoms with Gasteiger partial charge in [0.1, 0.15) is 12.4 Å². The summed E-state index contributed by atoms with van der Waals surface area (Å²) >= 11 is 0. The molecule has 39 heavy (non-hydrogen) atoms. The van der Waals surface area contributed by atoms with Gasteiger partial charge in [0.2, 0.25) is 15.9 Å². The molecule has 1 atom stereocenters. The maximum atomic E-state index is 13.7. The molecule has 0 radical (unpaired) electrons. The lowest BCUT2D eigenvalue weighted by Crippen LogP contribution is -2.51. The Morgan fingerprint density at radius 2 is 1.59 bits per heavy atom. The molecule has 4 rings (SSSR count). The summed E-state index contributed by atoms with van der Waals surface area (Å²) in [7, 11) is -2.21. The van der Waals surface area contributed by atoms with Gasteiger partial charge >= 0.3 is 0 Å². The maximum absolute atomic E-state index is 13.7. The molecule has 0 spiro atoms. The molecule has 0 N–H and O–H groups in total. The van der Waals surface area contributed by atoms with Crippen molar-refractivity contribution in [3.05, 3.63) is 23.3 Å². The van der Waals surface area contributed by atoms with Gasteiger partial charge < -0.3 is 28.9 Å². The SMILES string of the molecule is COc1cc(C)c(S(=O)(=O)N2CCOC[C@H]2COCC(=O)N2CCCN(CCN3CCCCC3)CC2)c(C)c1. The van der Waals surface area contributed by atoms with Gasteiger partial charge in [-0.2, -0.15) is 4.31 Å². The second-order valence-corrected chi connectivity index (χ2v) is 12.8. The molecule has 3 saturated heterocycles. The van der Waals surface area contributed by atoms with Crippen LogP contribution in [0.4, 0.5) is 0 Å². The topological polar surface area (TPSA) is 91.9 Å². The van der Waals surface area contributed by atoms with E-state index < -0.39 is 16.1 Å². The maximum Gasteiger partial charge on any atom is 0.248 e. The Morgan fingerprint density at radius 3 is 2.28 bits per heavy atom. The number of carbonyl (C=O) groups excluding carboxylic acids is 1. The summed E-state index contributed by atoms with van der Waals surface area (Å²) in [5, 5.41) is 0. The van der Waals surface area contributed by atoms with Crippen molar-refractivity contribution >= 4 is 15.9 Å². The second kappa shape index (κ2) is 14.2. The average Bonchev–Trinajstić information content (AvgIpc) is 3.18. The number of aryl methyl sites for hydroxylation is 2. The van der Waals surface area contributed by atoms with Crippen LogP contribution in [-0.2, 0) is 24.3 Å². The van der Waals surface area contributed by atoms with Crippen LogP contribution in [0, 0.1) is 13.8 Å². The van der Waals surface area contributed by atoms with Crippen LogP contribution in [-0.4, -0.2) is 132 Å². The van der Waals surface area contributed by atoms with Crippen LogP contribution >= 0.6 is 0 Å². The molecule has 0 aromatic heterocycles. The van der Waals surface area contributed by atoms with Gasteiger partial charge in [-0.05, 0) is 76.0 Å². The number of hydrogen-bond acceptors (Lipinski definition) is 8. The summed E-state index contributed by atoms with van der Waals surface area (Å²) in [6, 6.07) is 2.98. The number of piperidine rings is 1. The number of nitrogens with zero attached hydrogens (tertiary/aromatic N) is 4. The lowest BCUT2D eigenvalue weighted by Gasteiger charge is -2.35. The largest absolute Gasteiger partial charge is 0.497 e. The summed E-state index contributed by atoms with van der Waals surface area (Å²) in [5.41, 5.74) is 1.28. The van der Waals surface area contributed by atoms with Crippen molar-refractivity contribution in [3.8, 4) is 5.75 Å². The molecule has 3 aliphatic rings.